The largest absolute Gasteiger partial charge is 0.508 e. The van der Waals surface area contributed by atoms with Crippen LogP contribution in [0.4, 0.5) is 0 Å². The van der Waals surface area contributed by atoms with Crippen LogP contribution < -0.4 is 5.32 Å². The molecule has 29 heavy (non-hydrogen) atoms. The lowest BCUT2D eigenvalue weighted by molar-refractivity contribution is -0.130. The fraction of sp³-hybridized carbons (Fsp3) is 0.417. The van der Waals surface area contributed by atoms with Gasteiger partial charge in [0, 0.05) is 56.6 Å². The molecule has 5 heteroatoms. The van der Waals surface area contributed by atoms with Gasteiger partial charge in [-0.1, -0.05) is 30.3 Å². The molecule has 0 aromatic heterocycles. The van der Waals surface area contributed by atoms with Gasteiger partial charge in [0.1, 0.15) is 11.4 Å². The predicted octanol–water partition coefficient (Wildman–Crippen LogP) is 3.87. The second-order valence-electron chi connectivity index (χ2n) is 8.36. The summed E-state index contributed by atoms with van der Waals surface area (Å²) in [6.07, 6.45) is 2.26. The Morgan fingerprint density at radius 1 is 1.14 bits per heavy atom. The number of hydrogen-bond donors (Lipinski definition) is 2. The van der Waals surface area contributed by atoms with Crippen molar-refractivity contribution < 1.29 is 9.90 Å². The average molecular weight is 392 g/mol. The molecule has 2 aliphatic heterocycles. The Hall–Kier alpha value is -2.66. The van der Waals surface area contributed by atoms with Gasteiger partial charge >= 0.3 is 0 Å². The molecule has 0 aliphatic carbocycles. The Morgan fingerprint density at radius 3 is 2.52 bits per heavy atom. The molecule has 2 aromatic rings. The number of rotatable bonds is 2. The van der Waals surface area contributed by atoms with Gasteiger partial charge in [-0.05, 0) is 42.7 Å². The molecular formula is C24H29N3O2. The topological polar surface area (TPSA) is 64.9 Å². The fourth-order valence-electron chi connectivity index (χ4n) is 4.43. The monoisotopic (exact) mass is 391 g/mol. The van der Waals surface area contributed by atoms with Gasteiger partial charge in [-0.15, -0.1) is 0 Å². The van der Waals surface area contributed by atoms with Crippen LogP contribution in [0.1, 0.15) is 54.5 Å². The number of phenols is 1. The maximum atomic E-state index is 11.8. The molecule has 2 heterocycles. The fourth-order valence-corrected chi connectivity index (χ4v) is 4.43. The van der Waals surface area contributed by atoms with E-state index in [9.17, 15) is 9.90 Å². The number of carbonyl (C=O) groups excluding carboxylic acids is 1. The molecule has 152 valence electrons. The predicted molar refractivity (Wildman–Crippen MR) is 115 cm³/mol. The van der Waals surface area contributed by atoms with Crippen molar-refractivity contribution in [2.75, 3.05) is 13.1 Å². The van der Waals surface area contributed by atoms with E-state index in [-0.39, 0.29) is 11.9 Å². The van der Waals surface area contributed by atoms with Crippen LogP contribution in [0.25, 0.3) is 0 Å². The van der Waals surface area contributed by atoms with Crippen molar-refractivity contribution in [3.63, 3.8) is 0 Å². The molecule has 4 rings (SSSR count). The van der Waals surface area contributed by atoms with E-state index in [1.165, 1.54) is 11.1 Å². The van der Waals surface area contributed by atoms with E-state index in [1.54, 1.807) is 13.0 Å². The van der Waals surface area contributed by atoms with Crippen LogP contribution in [0.5, 0.6) is 5.75 Å². The summed E-state index contributed by atoms with van der Waals surface area (Å²) in [6.45, 7) is 7.26. The van der Waals surface area contributed by atoms with Gasteiger partial charge in [-0.3, -0.25) is 15.1 Å². The van der Waals surface area contributed by atoms with Gasteiger partial charge in [-0.25, -0.2) is 0 Å². The minimum absolute atomic E-state index is 0.0193. The first-order chi connectivity index (χ1) is 13.9. The van der Waals surface area contributed by atoms with E-state index in [2.05, 4.69) is 37.4 Å². The van der Waals surface area contributed by atoms with E-state index in [1.807, 2.05) is 23.1 Å². The van der Waals surface area contributed by atoms with Crippen molar-refractivity contribution in [2.45, 2.75) is 51.7 Å². The Kier molecular flexibility index (Phi) is 5.17. The molecule has 1 amide bonds. The number of nitrogens with zero attached hydrogens (tertiary/aromatic N) is 2. The normalized spacial score (nSPS) is 21.1. The maximum Gasteiger partial charge on any atom is 0.219 e. The second-order valence-corrected chi connectivity index (χ2v) is 8.36. The Bertz CT molecular complexity index is 958. The van der Waals surface area contributed by atoms with Crippen LogP contribution in [0.15, 0.2) is 47.5 Å². The molecule has 1 unspecified atom stereocenters. The van der Waals surface area contributed by atoms with E-state index >= 15 is 0 Å². The average Bonchev–Trinajstić information content (AvgIpc) is 2.70. The molecule has 1 fully saturated rings. The highest BCUT2D eigenvalue weighted by atomic mass is 16.3. The lowest BCUT2D eigenvalue weighted by Gasteiger charge is -2.45. The highest BCUT2D eigenvalue weighted by Crippen LogP contribution is 2.37. The van der Waals surface area contributed by atoms with Gasteiger partial charge in [0.2, 0.25) is 5.91 Å². The molecule has 0 saturated carbocycles. The number of piperidine rings is 1. The summed E-state index contributed by atoms with van der Waals surface area (Å²) >= 11 is 0. The SMILES string of the molecule is CC(=O)N1CCC2(CC1)N=C(c1ccc(C)c(C)c1)CC(c1ccccc1O)N2. The summed E-state index contributed by atoms with van der Waals surface area (Å²) in [5, 5.41) is 14.2. The molecule has 0 bridgehead atoms. The van der Waals surface area contributed by atoms with Crippen LogP contribution >= 0.6 is 0 Å². The lowest BCUT2D eigenvalue weighted by atomic mass is 9.87. The zero-order valence-corrected chi connectivity index (χ0v) is 17.4. The second kappa shape index (κ2) is 7.64. The number of amides is 1. The van der Waals surface area contributed by atoms with Crippen molar-refractivity contribution in [1.29, 1.82) is 0 Å². The number of aryl methyl sites for hydroxylation is 2. The van der Waals surface area contributed by atoms with Gasteiger partial charge in [-0.2, -0.15) is 0 Å². The first kappa shape index (κ1) is 19.6. The third kappa shape index (κ3) is 3.92. The number of aliphatic imine (C=N–C) groups is 1. The van der Waals surface area contributed by atoms with Crippen LogP contribution in [-0.4, -0.2) is 40.4 Å². The quantitative estimate of drug-likeness (QED) is 0.817. The summed E-state index contributed by atoms with van der Waals surface area (Å²) in [6, 6.07) is 14.0. The number of likely N-dealkylation sites (tertiary alicyclic amines) is 1. The molecule has 2 N–H and O–H groups in total. The summed E-state index contributed by atoms with van der Waals surface area (Å²) in [7, 11) is 0. The molecular weight excluding hydrogens is 362 g/mol. The Morgan fingerprint density at radius 2 is 1.86 bits per heavy atom. The van der Waals surface area contributed by atoms with Crippen molar-refractivity contribution in [1.82, 2.24) is 10.2 Å². The van der Waals surface area contributed by atoms with Crippen LogP contribution in [0.2, 0.25) is 0 Å². The van der Waals surface area contributed by atoms with Gasteiger partial charge in [0.15, 0.2) is 0 Å². The summed E-state index contributed by atoms with van der Waals surface area (Å²) in [5.74, 6) is 0.425. The molecule has 2 aromatic carbocycles. The Balaban J connectivity index is 1.72. The van der Waals surface area contributed by atoms with E-state index in [0.29, 0.717) is 18.8 Å². The van der Waals surface area contributed by atoms with E-state index < -0.39 is 5.66 Å². The van der Waals surface area contributed by atoms with Crippen molar-refractivity contribution >= 4 is 11.6 Å². The third-order valence-corrected chi connectivity index (χ3v) is 6.38. The number of phenolic OH excluding ortho intramolecular Hbond substituents is 1. The molecule has 1 atom stereocenters. The molecule has 1 spiro atoms. The number of nitrogens with one attached hydrogen (secondary N) is 1. The van der Waals surface area contributed by atoms with Crippen molar-refractivity contribution in [2.24, 2.45) is 4.99 Å². The summed E-state index contributed by atoms with van der Waals surface area (Å²) in [5.41, 5.74) is 5.22. The number of benzene rings is 2. The third-order valence-electron chi connectivity index (χ3n) is 6.38. The maximum absolute atomic E-state index is 11.8. The van der Waals surface area contributed by atoms with Crippen molar-refractivity contribution in [3.05, 3.63) is 64.7 Å². The summed E-state index contributed by atoms with van der Waals surface area (Å²) < 4.78 is 0. The van der Waals surface area contributed by atoms with Crippen LogP contribution in [0, 0.1) is 13.8 Å². The number of aromatic hydroxyl groups is 1. The van der Waals surface area contributed by atoms with Gasteiger partial charge in [0.25, 0.3) is 0 Å². The Labute approximate surface area is 172 Å². The zero-order chi connectivity index (χ0) is 20.6. The highest BCUT2D eigenvalue weighted by Gasteiger charge is 2.41. The zero-order valence-electron chi connectivity index (χ0n) is 17.4. The highest BCUT2D eigenvalue weighted by molar-refractivity contribution is 6.02. The minimum atomic E-state index is -0.411. The lowest BCUT2D eigenvalue weighted by Crippen LogP contribution is -2.56. The number of carbonyl (C=O) groups is 1. The summed E-state index contributed by atoms with van der Waals surface area (Å²) in [4.78, 5) is 18.9. The molecule has 0 radical (unpaired) electrons. The number of para-hydroxylation sites is 1. The van der Waals surface area contributed by atoms with Gasteiger partial charge < -0.3 is 10.0 Å². The van der Waals surface area contributed by atoms with E-state index in [4.69, 9.17) is 4.99 Å². The van der Waals surface area contributed by atoms with Crippen molar-refractivity contribution in [3.8, 4) is 5.75 Å². The standard InChI is InChI=1S/C24H29N3O2/c1-16-8-9-19(14-17(16)2)21-15-22(20-6-4-5-7-23(20)29)26-24(25-21)10-12-27(13-11-24)18(3)28/h4-9,14,22,26,29H,10-13,15H2,1-3H3. The molecule has 1 saturated heterocycles. The van der Waals surface area contributed by atoms with Gasteiger partial charge in [0.05, 0.1) is 0 Å². The first-order valence-corrected chi connectivity index (χ1v) is 10.3. The van der Waals surface area contributed by atoms with Crippen LogP contribution in [-0.2, 0) is 4.79 Å². The molecule has 5 nitrogen and oxygen atoms in total. The molecule has 2 aliphatic rings. The first-order valence-electron chi connectivity index (χ1n) is 10.3. The van der Waals surface area contributed by atoms with Crippen LogP contribution in [0.3, 0.4) is 0 Å². The van der Waals surface area contributed by atoms with E-state index in [0.717, 1.165) is 36.1 Å². The number of hydrogen-bond acceptors (Lipinski definition) is 4. The minimum Gasteiger partial charge on any atom is -0.508 e. The smallest absolute Gasteiger partial charge is 0.219 e.